The van der Waals surface area contributed by atoms with Crippen molar-refractivity contribution in [1.82, 2.24) is 15.5 Å². The van der Waals surface area contributed by atoms with Crippen LogP contribution in [0.2, 0.25) is 0 Å². The minimum Gasteiger partial charge on any atom is -0.480 e. The Morgan fingerprint density at radius 1 is 1.19 bits per heavy atom. The summed E-state index contributed by atoms with van der Waals surface area (Å²) >= 11 is 0. The van der Waals surface area contributed by atoms with Crippen molar-refractivity contribution in [2.75, 3.05) is 0 Å². The van der Waals surface area contributed by atoms with E-state index in [0.29, 0.717) is 18.1 Å². The third kappa shape index (κ3) is 4.73. The SMILES string of the molecule is CC[C@@H](Oc1cc(C)ccc1C)C(=O)NCc1nc(-c2ccccc2)no1. The summed E-state index contributed by atoms with van der Waals surface area (Å²) in [4.78, 5) is 16.8. The lowest BCUT2D eigenvalue weighted by Crippen LogP contribution is -2.37. The third-order valence-electron chi connectivity index (χ3n) is 4.19. The van der Waals surface area contributed by atoms with Crippen LogP contribution in [0.15, 0.2) is 53.1 Å². The molecule has 1 N–H and O–H groups in total. The highest BCUT2D eigenvalue weighted by molar-refractivity contribution is 5.81. The van der Waals surface area contributed by atoms with Crippen molar-refractivity contribution in [3.63, 3.8) is 0 Å². The lowest BCUT2D eigenvalue weighted by Gasteiger charge is -2.18. The van der Waals surface area contributed by atoms with Gasteiger partial charge < -0.3 is 14.6 Å². The number of hydrogen-bond acceptors (Lipinski definition) is 5. The van der Waals surface area contributed by atoms with Gasteiger partial charge in [-0.25, -0.2) is 0 Å². The number of rotatable bonds is 7. The number of benzene rings is 2. The molecule has 0 bridgehead atoms. The van der Waals surface area contributed by atoms with Crippen molar-refractivity contribution in [2.45, 2.75) is 39.8 Å². The van der Waals surface area contributed by atoms with Gasteiger partial charge in [0, 0.05) is 5.56 Å². The van der Waals surface area contributed by atoms with Gasteiger partial charge in [-0.05, 0) is 37.5 Å². The molecule has 1 amide bonds. The second-order valence-electron chi connectivity index (χ2n) is 6.38. The standard InChI is InChI=1S/C21H23N3O3/c1-4-17(26-18-12-14(2)10-11-15(18)3)21(25)22-13-19-23-20(24-27-19)16-8-6-5-7-9-16/h5-12,17H,4,13H2,1-3H3,(H,22,25)/t17-/m1/s1. The van der Waals surface area contributed by atoms with Gasteiger partial charge in [0.1, 0.15) is 5.75 Å². The average molecular weight is 365 g/mol. The normalized spacial score (nSPS) is 11.8. The van der Waals surface area contributed by atoms with E-state index in [2.05, 4.69) is 15.5 Å². The van der Waals surface area contributed by atoms with Gasteiger partial charge in [-0.1, -0.05) is 54.5 Å². The fraction of sp³-hybridized carbons (Fsp3) is 0.286. The molecule has 0 aliphatic carbocycles. The van der Waals surface area contributed by atoms with E-state index in [1.165, 1.54) is 0 Å². The van der Waals surface area contributed by atoms with Crippen molar-refractivity contribution in [1.29, 1.82) is 0 Å². The van der Waals surface area contributed by atoms with Gasteiger partial charge in [0.15, 0.2) is 6.10 Å². The molecule has 2 aromatic carbocycles. The summed E-state index contributed by atoms with van der Waals surface area (Å²) in [5.74, 6) is 1.36. The van der Waals surface area contributed by atoms with Crippen molar-refractivity contribution in [2.24, 2.45) is 0 Å². The third-order valence-corrected chi connectivity index (χ3v) is 4.19. The van der Waals surface area contributed by atoms with E-state index in [1.807, 2.05) is 69.3 Å². The van der Waals surface area contributed by atoms with E-state index in [1.54, 1.807) is 0 Å². The van der Waals surface area contributed by atoms with Crippen LogP contribution in [0.4, 0.5) is 0 Å². The van der Waals surface area contributed by atoms with Crippen molar-refractivity contribution in [3.8, 4) is 17.1 Å². The number of nitrogens with one attached hydrogen (secondary N) is 1. The molecule has 0 saturated carbocycles. The first-order valence-corrected chi connectivity index (χ1v) is 8.96. The average Bonchev–Trinajstić information content (AvgIpc) is 3.16. The Balaban J connectivity index is 1.61. The van der Waals surface area contributed by atoms with Gasteiger partial charge in [-0.2, -0.15) is 4.98 Å². The molecule has 0 saturated heterocycles. The molecule has 3 rings (SSSR count). The zero-order chi connectivity index (χ0) is 19.2. The van der Waals surface area contributed by atoms with Crippen molar-refractivity contribution in [3.05, 3.63) is 65.5 Å². The molecule has 0 radical (unpaired) electrons. The largest absolute Gasteiger partial charge is 0.480 e. The molecule has 3 aromatic rings. The van der Waals surface area contributed by atoms with Crippen LogP contribution >= 0.6 is 0 Å². The lowest BCUT2D eigenvalue weighted by atomic mass is 10.1. The van der Waals surface area contributed by atoms with E-state index in [9.17, 15) is 4.79 Å². The smallest absolute Gasteiger partial charge is 0.261 e. The first-order valence-electron chi connectivity index (χ1n) is 8.96. The van der Waals surface area contributed by atoms with Gasteiger partial charge in [-0.3, -0.25) is 4.79 Å². The van der Waals surface area contributed by atoms with E-state index in [4.69, 9.17) is 9.26 Å². The van der Waals surface area contributed by atoms with Crippen LogP contribution in [-0.2, 0) is 11.3 Å². The highest BCUT2D eigenvalue weighted by Crippen LogP contribution is 2.21. The molecular weight excluding hydrogens is 342 g/mol. The van der Waals surface area contributed by atoms with Crippen molar-refractivity contribution >= 4 is 5.91 Å². The van der Waals surface area contributed by atoms with Gasteiger partial charge >= 0.3 is 0 Å². The Kier molecular flexibility index (Phi) is 5.86. The molecule has 0 unspecified atom stereocenters. The topological polar surface area (TPSA) is 77.2 Å². The Hall–Kier alpha value is -3.15. The summed E-state index contributed by atoms with van der Waals surface area (Å²) in [7, 11) is 0. The molecule has 1 heterocycles. The number of carbonyl (C=O) groups is 1. The lowest BCUT2D eigenvalue weighted by molar-refractivity contribution is -0.128. The molecule has 27 heavy (non-hydrogen) atoms. The number of aryl methyl sites for hydroxylation is 2. The first kappa shape index (κ1) is 18.6. The van der Waals surface area contributed by atoms with Crippen LogP contribution in [-0.4, -0.2) is 22.2 Å². The summed E-state index contributed by atoms with van der Waals surface area (Å²) in [6.45, 7) is 6.02. The summed E-state index contributed by atoms with van der Waals surface area (Å²) in [6, 6.07) is 15.5. The van der Waals surface area contributed by atoms with Crippen molar-refractivity contribution < 1.29 is 14.1 Å². The maximum Gasteiger partial charge on any atom is 0.261 e. The van der Waals surface area contributed by atoms with E-state index >= 15 is 0 Å². The molecule has 0 fully saturated rings. The van der Waals surface area contributed by atoms with Crippen LogP contribution in [0.5, 0.6) is 5.75 Å². The number of nitrogens with zero attached hydrogens (tertiary/aromatic N) is 2. The van der Waals surface area contributed by atoms with Crippen LogP contribution in [0, 0.1) is 13.8 Å². The number of amides is 1. The zero-order valence-electron chi connectivity index (χ0n) is 15.7. The second-order valence-corrected chi connectivity index (χ2v) is 6.38. The number of carbonyl (C=O) groups excluding carboxylic acids is 1. The summed E-state index contributed by atoms with van der Waals surface area (Å²) in [5.41, 5.74) is 2.95. The number of hydrogen-bond donors (Lipinski definition) is 1. The highest BCUT2D eigenvalue weighted by atomic mass is 16.5. The van der Waals surface area contributed by atoms with Gasteiger partial charge in [0.2, 0.25) is 11.7 Å². The molecule has 0 spiro atoms. The predicted molar refractivity (Wildman–Crippen MR) is 102 cm³/mol. The van der Waals surface area contributed by atoms with Gasteiger partial charge in [0.05, 0.1) is 6.54 Å². The monoisotopic (exact) mass is 365 g/mol. The van der Waals surface area contributed by atoms with Crippen LogP contribution in [0.3, 0.4) is 0 Å². The fourth-order valence-electron chi connectivity index (χ4n) is 2.62. The van der Waals surface area contributed by atoms with Crippen LogP contribution in [0.25, 0.3) is 11.4 Å². The van der Waals surface area contributed by atoms with Crippen LogP contribution in [0.1, 0.15) is 30.4 Å². The Bertz CT molecular complexity index is 906. The molecule has 0 aliphatic heterocycles. The fourth-order valence-corrected chi connectivity index (χ4v) is 2.62. The second kappa shape index (κ2) is 8.49. The van der Waals surface area contributed by atoms with Gasteiger partial charge in [0.25, 0.3) is 5.91 Å². The molecule has 6 nitrogen and oxygen atoms in total. The maximum absolute atomic E-state index is 12.5. The van der Waals surface area contributed by atoms with E-state index in [-0.39, 0.29) is 12.5 Å². The molecule has 140 valence electrons. The molecule has 0 aliphatic rings. The Labute approximate surface area is 158 Å². The Morgan fingerprint density at radius 3 is 2.70 bits per heavy atom. The van der Waals surface area contributed by atoms with E-state index in [0.717, 1.165) is 22.4 Å². The highest BCUT2D eigenvalue weighted by Gasteiger charge is 2.20. The number of ether oxygens (including phenoxy) is 1. The minimum absolute atomic E-state index is 0.158. The summed E-state index contributed by atoms with van der Waals surface area (Å²) in [6.07, 6.45) is -0.0276. The summed E-state index contributed by atoms with van der Waals surface area (Å²) < 4.78 is 11.1. The summed E-state index contributed by atoms with van der Waals surface area (Å²) in [5, 5.41) is 6.76. The molecular formula is C21H23N3O3. The quantitative estimate of drug-likeness (QED) is 0.688. The van der Waals surface area contributed by atoms with Gasteiger partial charge in [-0.15, -0.1) is 0 Å². The predicted octanol–water partition coefficient (Wildman–Crippen LogP) is 3.83. The van der Waals surface area contributed by atoms with Crippen LogP contribution < -0.4 is 10.1 Å². The molecule has 1 atom stereocenters. The Morgan fingerprint density at radius 2 is 1.96 bits per heavy atom. The van der Waals surface area contributed by atoms with E-state index < -0.39 is 6.10 Å². The minimum atomic E-state index is -0.581. The zero-order valence-corrected chi connectivity index (χ0v) is 15.7. The molecule has 1 aromatic heterocycles. The number of aromatic nitrogens is 2. The first-order chi connectivity index (χ1) is 13.1. The molecule has 6 heteroatoms. The maximum atomic E-state index is 12.5.